The second kappa shape index (κ2) is 3.17. The third kappa shape index (κ3) is 1.91. The van der Waals surface area contributed by atoms with Gasteiger partial charge in [0.1, 0.15) is 6.54 Å². The van der Waals surface area contributed by atoms with Gasteiger partial charge in [-0.2, -0.15) is 5.10 Å². The highest BCUT2D eigenvalue weighted by Crippen LogP contribution is 1.84. The van der Waals surface area contributed by atoms with E-state index in [1.54, 1.807) is 13.0 Å². The van der Waals surface area contributed by atoms with E-state index in [1.165, 1.54) is 6.07 Å². The summed E-state index contributed by atoms with van der Waals surface area (Å²) < 4.78 is 1.04. The highest BCUT2D eigenvalue weighted by atomic mass is 16.2. The molecule has 0 saturated carbocycles. The Morgan fingerprint density at radius 3 is 2.92 bits per heavy atom. The zero-order valence-electron chi connectivity index (χ0n) is 6.65. The van der Waals surface area contributed by atoms with Crippen LogP contribution in [0.25, 0.3) is 0 Å². The molecule has 5 heteroatoms. The molecule has 0 spiro atoms. The maximum absolute atomic E-state index is 11.0. The lowest BCUT2D eigenvalue weighted by Crippen LogP contribution is -2.29. The first-order valence-electron chi connectivity index (χ1n) is 3.42. The van der Waals surface area contributed by atoms with Crippen molar-refractivity contribution in [3.8, 4) is 0 Å². The van der Waals surface area contributed by atoms with Crippen LogP contribution in [0.2, 0.25) is 0 Å². The van der Waals surface area contributed by atoms with Gasteiger partial charge in [0.2, 0.25) is 5.91 Å². The number of nitrogens with zero attached hydrogens (tertiary/aromatic N) is 2. The number of primary amides is 1. The molecule has 0 bridgehead atoms. The van der Waals surface area contributed by atoms with Crippen molar-refractivity contribution in [2.45, 2.75) is 13.5 Å². The van der Waals surface area contributed by atoms with Gasteiger partial charge in [0, 0.05) is 6.07 Å². The van der Waals surface area contributed by atoms with Crippen molar-refractivity contribution < 1.29 is 4.79 Å². The van der Waals surface area contributed by atoms with E-state index in [9.17, 15) is 9.59 Å². The number of carbonyl (C=O) groups excluding carboxylic acids is 1. The molecule has 0 saturated heterocycles. The summed E-state index contributed by atoms with van der Waals surface area (Å²) in [5, 5.41) is 3.82. The molecule has 1 rings (SSSR count). The van der Waals surface area contributed by atoms with Gasteiger partial charge in [-0.3, -0.25) is 9.59 Å². The maximum Gasteiger partial charge on any atom is 0.267 e. The number of rotatable bonds is 2. The second-order valence-electron chi connectivity index (χ2n) is 2.44. The van der Waals surface area contributed by atoms with Crippen molar-refractivity contribution in [2.24, 2.45) is 5.73 Å². The van der Waals surface area contributed by atoms with Crippen LogP contribution in [0.3, 0.4) is 0 Å². The minimum absolute atomic E-state index is 0.166. The summed E-state index contributed by atoms with van der Waals surface area (Å²) >= 11 is 0. The van der Waals surface area contributed by atoms with Crippen molar-refractivity contribution in [1.82, 2.24) is 9.78 Å². The number of amides is 1. The van der Waals surface area contributed by atoms with Gasteiger partial charge in [-0.25, -0.2) is 4.68 Å². The largest absolute Gasteiger partial charge is 0.368 e. The van der Waals surface area contributed by atoms with E-state index in [4.69, 9.17) is 5.73 Å². The third-order valence-electron chi connectivity index (χ3n) is 1.31. The molecule has 0 aliphatic heterocycles. The molecule has 1 heterocycles. The topological polar surface area (TPSA) is 78.0 Å². The summed E-state index contributed by atoms with van der Waals surface area (Å²) in [7, 11) is 0. The van der Waals surface area contributed by atoms with E-state index < -0.39 is 5.91 Å². The van der Waals surface area contributed by atoms with Crippen molar-refractivity contribution in [3.63, 3.8) is 0 Å². The summed E-state index contributed by atoms with van der Waals surface area (Å²) in [6, 6.07) is 2.94. The molecule has 2 N–H and O–H groups in total. The number of hydrogen-bond donors (Lipinski definition) is 1. The highest BCUT2D eigenvalue weighted by Gasteiger charge is 2.00. The Labute approximate surface area is 68.8 Å². The normalized spacial score (nSPS) is 9.75. The maximum atomic E-state index is 11.0. The molecule has 0 aliphatic rings. The van der Waals surface area contributed by atoms with Gasteiger partial charge in [0.15, 0.2) is 0 Å². The summed E-state index contributed by atoms with van der Waals surface area (Å²) in [4.78, 5) is 21.5. The Bertz CT molecular complexity index is 356. The minimum atomic E-state index is -0.574. The lowest BCUT2D eigenvalue weighted by atomic mass is 10.4. The van der Waals surface area contributed by atoms with E-state index in [-0.39, 0.29) is 12.1 Å². The van der Waals surface area contributed by atoms with Gasteiger partial charge in [0.25, 0.3) is 5.56 Å². The fraction of sp³-hybridized carbons (Fsp3) is 0.286. The van der Waals surface area contributed by atoms with Crippen molar-refractivity contribution in [3.05, 3.63) is 28.2 Å². The molecule has 5 nitrogen and oxygen atoms in total. The summed E-state index contributed by atoms with van der Waals surface area (Å²) in [6.07, 6.45) is 0. The molecule has 12 heavy (non-hydrogen) atoms. The predicted molar refractivity (Wildman–Crippen MR) is 42.4 cm³/mol. The molecule has 0 aliphatic carbocycles. The highest BCUT2D eigenvalue weighted by molar-refractivity contribution is 5.73. The van der Waals surface area contributed by atoms with Gasteiger partial charge in [-0.15, -0.1) is 0 Å². The zero-order chi connectivity index (χ0) is 9.14. The Morgan fingerprint density at radius 1 is 1.67 bits per heavy atom. The van der Waals surface area contributed by atoms with Crippen molar-refractivity contribution >= 4 is 5.91 Å². The Balaban J connectivity index is 3.06. The molecule has 0 aromatic carbocycles. The smallest absolute Gasteiger partial charge is 0.267 e. The number of aryl methyl sites for hydroxylation is 1. The Hall–Kier alpha value is -1.65. The Kier molecular flexibility index (Phi) is 2.23. The average Bonchev–Trinajstić information content (AvgIpc) is 1.96. The van der Waals surface area contributed by atoms with Crippen LogP contribution in [0.4, 0.5) is 0 Å². The molecule has 1 aromatic rings. The average molecular weight is 167 g/mol. The van der Waals surface area contributed by atoms with E-state index in [0.29, 0.717) is 5.69 Å². The first-order valence-corrected chi connectivity index (χ1v) is 3.42. The predicted octanol–water partition coefficient (Wildman–Crippen LogP) is -0.963. The quantitative estimate of drug-likeness (QED) is 0.616. The van der Waals surface area contributed by atoms with Crippen LogP contribution < -0.4 is 11.3 Å². The molecule has 0 atom stereocenters. The number of carbonyl (C=O) groups is 1. The zero-order valence-corrected chi connectivity index (χ0v) is 6.65. The minimum Gasteiger partial charge on any atom is -0.368 e. The molecular formula is C7H9N3O2. The second-order valence-corrected chi connectivity index (χ2v) is 2.44. The monoisotopic (exact) mass is 167 g/mol. The summed E-state index contributed by atoms with van der Waals surface area (Å²) in [5.41, 5.74) is 5.26. The van der Waals surface area contributed by atoms with Crippen LogP contribution in [0.1, 0.15) is 5.69 Å². The lowest BCUT2D eigenvalue weighted by molar-refractivity contribution is -0.118. The molecule has 64 valence electrons. The van der Waals surface area contributed by atoms with Gasteiger partial charge < -0.3 is 5.73 Å². The first-order chi connectivity index (χ1) is 5.59. The molecule has 0 unspecified atom stereocenters. The molecule has 1 amide bonds. The van der Waals surface area contributed by atoms with E-state index >= 15 is 0 Å². The first kappa shape index (κ1) is 8.45. The van der Waals surface area contributed by atoms with Gasteiger partial charge in [-0.05, 0) is 13.0 Å². The fourth-order valence-electron chi connectivity index (χ4n) is 0.812. The van der Waals surface area contributed by atoms with E-state index in [2.05, 4.69) is 5.10 Å². The fourth-order valence-corrected chi connectivity index (χ4v) is 0.812. The van der Waals surface area contributed by atoms with Crippen molar-refractivity contribution in [1.29, 1.82) is 0 Å². The summed E-state index contributed by atoms with van der Waals surface area (Å²) in [6.45, 7) is 1.57. The van der Waals surface area contributed by atoms with E-state index in [1.807, 2.05) is 0 Å². The van der Waals surface area contributed by atoms with Gasteiger partial charge in [0.05, 0.1) is 5.69 Å². The van der Waals surface area contributed by atoms with Gasteiger partial charge >= 0.3 is 0 Å². The van der Waals surface area contributed by atoms with Crippen LogP contribution >= 0.6 is 0 Å². The van der Waals surface area contributed by atoms with Crippen LogP contribution in [-0.4, -0.2) is 15.7 Å². The van der Waals surface area contributed by atoms with E-state index in [0.717, 1.165) is 4.68 Å². The third-order valence-corrected chi connectivity index (χ3v) is 1.31. The van der Waals surface area contributed by atoms with Crippen LogP contribution in [0.15, 0.2) is 16.9 Å². The molecular weight excluding hydrogens is 158 g/mol. The molecule has 0 fully saturated rings. The lowest BCUT2D eigenvalue weighted by Gasteiger charge is -2.00. The van der Waals surface area contributed by atoms with Crippen LogP contribution in [0, 0.1) is 6.92 Å². The van der Waals surface area contributed by atoms with Crippen LogP contribution in [-0.2, 0) is 11.3 Å². The van der Waals surface area contributed by atoms with Gasteiger partial charge in [-0.1, -0.05) is 0 Å². The number of aromatic nitrogens is 2. The van der Waals surface area contributed by atoms with Crippen molar-refractivity contribution in [2.75, 3.05) is 0 Å². The molecule has 1 aromatic heterocycles. The number of nitrogens with two attached hydrogens (primary N) is 1. The Morgan fingerprint density at radius 2 is 2.33 bits per heavy atom. The summed E-state index contributed by atoms with van der Waals surface area (Å²) in [5.74, 6) is -0.574. The SMILES string of the molecule is Cc1ccc(=O)n(CC(N)=O)n1. The number of hydrogen-bond acceptors (Lipinski definition) is 3. The van der Waals surface area contributed by atoms with Crippen LogP contribution in [0.5, 0.6) is 0 Å². The molecule has 0 radical (unpaired) electrons. The standard InChI is InChI=1S/C7H9N3O2/c1-5-2-3-7(12)10(9-5)4-6(8)11/h2-3H,4H2,1H3,(H2,8,11).